The molecule has 0 aromatic heterocycles. The first-order valence-electron chi connectivity index (χ1n) is 22.9. The van der Waals surface area contributed by atoms with Gasteiger partial charge in [-0.2, -0.15) is 0 Å². The van der Waals surface area contributed by atoms with Crippen LogP contribution in [0.3, 0.4) is 0 Å². The van der Waals surface area contributed by atoms with Crippen molar-refractivity contribution in [2.45, 2.75) is 212 Å². The number of esters is 2. The standard InChI is InChI=1S/C46H85O11P/c1-4-5-6-7-8-9-10-13-17-20-23-26-29-33-42(48)34-31-36-45(50)54-39-44(40-56-58(52,53)55-38-43(49)37-47)57-46(51)35-30-27-24-21-18-15-12-11-14-16-19-22-25-28-32-41(2)3/h13,17,23,26,29,33,41-44,47-49H,4-12,14-16,18-22,24-25,27-28,30-32,34-40H2,1-3H3,(H,52,53)/b17-13+,26-23+,33-29+/t42?,43-,44+/m0/s1. The molecular formula is C46H85O11P. The van der Waals surface area contributed by atoms with Gasteiger partial charge in [-0.3, -0.25) is 18.6 Å². The second-order valence-corrected chi connectivity index (χ2v) is 17.6. The van der Waals surface area contributed by atoms with Gasteiger partial charge in [0.25, 0.3) is 0 Å². The fraction of sp³-hybridized carbons (Fsp3) is 0.826. The summed E-state index contributed by atoms with van der Waals surface area (Å²) < 4.78 is 32.6. The van der Waals surface area contributed by atoms with E-state index in [9.17, 15) is 29.3 Å². The third-order valence-corrected chi connectivity index (χ3v) is 10.8. The number of aliphatic hydroxyl groups is 3. The van der Waals surface area contributed by atoms with Gasteiger partial charge < -0.3 is 29.7 Å². The third-order valence-electron chi connectivity index (χ3n) is 9.83. The molecule has 0 spiro atoms. The molecule has 0 bridgehead atoms. The Balaban J connectivity index is 4.42. The topological polar surface area (TPSA) is 169 Å². The summed E-state index contributed by atoms with van der Waals surface area (Å²) in [7, 11) is -4.66. The summed E-state index contributed by atoms with van der Waals surface area (Å²) >= 11 is 0. The molecular weight excluding hydrogens is 759 g/mol. The van der Waals surface area contributed by atoms with Crippen LogP contribution in [0.15, 0.2) is 36.5 Å². The smallest absolute Gasteiger partial charge is 0.462 e. The van der Waals surface area contributed by atoms with Crippen LogP contribution in [0.2, 0.25) is 0 Å². The van der Waals surface area contributed by atoms with Crippen LogP contribution in [0, 0.1) is 5.92 Å². The molecule has 0 aromatic carbocycles. The molecule has 4 atom stereocenters. The monoisotopic (exact) mass is 845 g/mol. The van der Waals surface area contributed by atoms with E-state index < -0.39 is 64.5 Å². The number of rotatable bonds is 42. The number of carbonyl (C=O) groups excluding carboxylic acids is 2. The zero-order valence-electron chi connectivity index (χ0n) is 36.8. The molecule has 12 heteroatoms. The largest absolute Gasteiger partial charge is 0.472 e. The van der Waals surface area contributed by atoms with Gasteiger partial charge in [0.1, 0.15) is 12.7 Å². The Kier molecular flexibility index (Phi) is 39.3. The number of unbranched alkanes of at least 4 members (excludes halogenated alkanes) is 19. The molecule has 0 rings (SSSR count). The maximum atomic E-state index is 12.6. The zero-order valence-corrected chi connectivity index (χ0v) is 37.7. The lowest BCUT2D eigenvalue weighted by molar-refractivity contribution is -0.161. The van der Waals surface area contributed by atoms with Crippen molar-refractivity contribution in [1.29, 1.82) is 0 Å². The Bertz CT molecular complexity index is 1090. The normalized spacial score (nSPS) is 14.8. The van der Waals surface area contributed by atoms with Crippen molar-refractivity contribution in [1.82, 2.24) is 0 Å². The molecule has 2 unspecified atom stereocenters. The van der Waals surface area contributed by atoms with E-state index in [0.29, 0.717) is 19.3 Å². The highest BCUT2D eigenvalue weighted by molar-refractivity contribution is 7.47. The lowest BCUT2D eigenvalue weighted by Crippen LogP contribution is -2.30. The maximum Gasteiger partial charge on any atom is 0.472 e. The van der Waals surface area contributed by atoms with E-state index in [4.69, 9.17) is 19.1 Å². The Hall–Kier alpha value is -1.85. The number of carbonyl (C=O) groups is 2. The lowest BCUT2D eigenvalue weighted by atomic mass is 10.0. The van der Waals surface area contributed by atoms with Crippen LogP contribution in [0.5, 0.6) is 0 Å². The van der Waals surface area contributed by atoms with Gasteiger partial charge >= 0.3 is 19.8 Å². The molecule has 0 aromatic rings. The van der Waals surface area contributed by atoms with Crippen LogP contribution in [-0.2, 0) is 32.7 Å². The molecule has 340 valence electrons. The quantitative estimate of drug-likeness (QED) is 0.0152. The van der Waals surface area contributed by atoms with E-state index in [1.54, 1.807) is 12.2 Å². The molecule has 0 radical (unpaired) electrons. The second kappa shape index (κ2) is 40.6. The summed E-state index contributed by atoms with van der Waals surface area (Å²) in [6, 6.07) is 0. The minimum absolute atomic E-state index is 0.0188. The van der Waals surface area contributed by atoms with Gasteiger partial charge in [0.05, 0.1) is 25.9 Å². The summed E-state index contributed by atoms with van der Waals surface area (Å²) in [6.45, 7) is 4.51. The number of ether oxygens (including phenoxy) is 2. The predicted molar refractivity (Wildman–Crippen MR) is 234 cm³/mol. The number of aliphatic hydroxyl groups excluding tert-OH is 3. The molecule has 11 nitrogen and oxygen atoms in total. The van der Waals surface area contributed by atoms with Crippen molar-refractivity contribution in [2.24, 2.45) is 5.92 Å². The van der Waals surface area contributed by atoms with Crippen LogP contribution in [0.25, 0.3) is 0 Å². The van der Waals surface area contributed by atoms with Crippen LogP contribution >= 0.6 is 7.82 Å². The van der Waals surface area contributed by atoms with Crippen LogP contribution in [0.4, 0.5) is 0 Å². The van der Waals surface area contributed by atoms with Gasteiger partial charge in [-0.05, 0) is 44.4 Å². The number of hydrogen-bond acceptors (Lipinski definition) is 10. The summed E-state index contributed by atoms with van der Waals surface area (Å²) in [6.07, 6.45) is 37.2. The molecule has 0 aliphatic carbocycles. The summed E-state index contributed by atoms with van der Waals surface area (Å²) in [5, 5.41) is 28.6. The molecule has 0 aliphatic heterocycles. The first kappa shape index (κ1) is 56.1. The predicted octanol–water partition coefficient (Wildman–Crippen LogP) is 11.2. The molecule has 0 fully saturated rings. The Morgan fingerprint density at radius 1 is 0.621 bits per heavy atom. The van der Waals surface area contributed by atoms with Gasteiger partial charge in [0.2, 0.25) is 0 Å². The number of phosphoric acid groups is 1. The van der Waals surface area contributed by atoms with Gasteiger partial charge in [-0.25, -0.2) is 4.57 Å². The Labute approximate surface area is 353 Å². The lowest BCUT2D eigenvalue weighted by Gasteiger charge is -2.20. The van der Waals surface area contributed by atoms with E-state index in [0.717, 1.165) is 38.0 Å². The SMILES string of the molecule is CCCCCCCC/C=C/C/C=C/C=C/C(O)CCCC(=O)OC[C@H](COP(=O)(O)OC[C@@H](O)CO)OC(=O)CCCCCCCCCCCCCCCCC(C)C. The first-order chi connectivity index (χ1) is 28.0. The minimum Gasteiger partial charge on any atom is -0.462 e. The van der Waals surface area contributed by atoms with E-state index >= 15 is 0 Å². The Morgan fingerprint density at radius 3 is 1.78 bits per heavy atom. The minimum atomic E-state index is -4.66. The highest BCUT2D eigenvalue weighted by Gasteiger charge is 2.27. The van der Waals surface area contributed by atoms with Crippen molar-refractivity contribution in [3.05, 3.63) is 36.5 Å². The number of hydrogen-bond donors (Lipinski definition) is 4. The van der Waals surface area contributed by atoms with E-state index in [1.807, 2.05) is 12.2 Å². The van der Waals surface area contributed by atoms with Crippen LogP contribution in [0.1, 0.15) is 194 Å². The van der Waals surface area contributed by atoms with Crippen LogP contribution < -0.4 is 0 Å². The second-order valence-electron chi connectivity index (χ2n) is 16.1. The fourth-order valence-corrected chi connectivity index (χ4v) is 7.04. The van der Waals surface area contributed by atoms with Crippen molar-refractivity contribution in [3.63, 3.8) is 0 Å². The number of allylic oxidation sites excluding steroid dienone is 5. The molecule has 4 N–H and O–H groups in total. The van der Waals surface area contributed by atoms with Gasteiger partial charge in [0.15, 0.2) is 6.10 Å². The molecule has 0 saturated carbocycles. The average molecular weight is 845 g/mol. The summed E-state index contributed by atoms with van der Waals surface area (Å²) in [5.41, 5.74) is 0. The van der Waals surface area contributed by atoms with Crippen molar-refractivity contribution in [3.8, 4) is 0 Å². The maximum absolute atomic E-state index is 12.6. The van der Waals surface area contributed by atoms with E-state index in [2.05, 4.69) is 37.4 Å². The zero-order chi connectivity index (χ0) is 43.0. The van der Waals surface area contributed by atoms with E-state index in [-0.39, 0.29) is 12.8 Å². The highest BCUT2D eigenvalue weighted by Crippen LogP contribution is 2.43. The van der Waals surface area contributed by atoms with Crippen LogP contribution in [-0.4, -0.2) is 76.9 Å². The molecule has 0 aliphatic rings. The van der Waals surface area contributed by atoms with Gasteiger partial charge in [-0.15, -0.1) is 0 Å². The third kappa shape index (κ3) is 40.9. The highest BCUT2D eigenvalue weighted by atomic mass is 31.2. The molecule has 0 saturated heterocycles. The van der Waals surface area contributed by atoms with Crippen molar-refractivity contribution in [2.75, 3.05) is 26.4 Å². The molecule has 0 heterocycles. The summed E-state index contributed by atoms with van der Waals surface area (Å²) in [4.78, 5) is 35.1. The fourth-order valence-electron chi connectivity index (χ4n) is 6.25. The molecule has 58 heavy (non-hydrogen) atoms. The van der Waals surface area contributed by atoms with E-state index in [1.165, 1.54) is 109 Å². The van der Waals surface area contributed by atoms with Crippen molar-refractivity contribution >= 4 is 19.8 Å². The average Bonchev–Trinajstić information content (AvgIpc) is 3.19. The number of phosphoric ester groups is 1. The molecule has 0 amide bonds. The first-order valence-corrected chi connectivity index (χ1v) is 24.4. The van der Waals surface area contributed by atoms with Gasteiger partial charge in [-0.1, -0.05) is 179 Å². The Morgan fingerprint density at radius 2 is 1.17 bits per heavy atom. The summed E-state index contributed by atoms with van der Waals surface area (Å²) in [5.74, 6) is -0.303. The van der Waals surface area contributed by atoms with Crippen molar-refractivity contribution < 1.29 is 52.9 Å². The van der Waals surface area contributed by atoms with Gasteiger partial charge in [0, 0.05) is 12.8 Å².